The zero-order valence-corrected chi connectivity index (χ0v) is 8.99. The molecule has 0 aliphatic rings. The predicted octanol–water partition coefficient (Wildman–Crippen LogP) is 3.02. The van der Waals surface area contributed by atoms with Crippen molar-refractivity contribution in [1.82, 2.24) is 9.61 Å². The Morgan fingerprint density at radius 1 is 1.43 bits per heavy atom. The summed E-state index contributed by atoms with van der Waals surface area (Å²) >= 11 is 0. The van der Waals surface area contributed by atoms with E-state index in [4.69, 9.17) is 0 Å². The molecule has 0 aliphatic heterocycles. The highest BCUT2D eigenvalue weighted by Gasteiger charge is 2.19. The molecule has 2 aromatic heterocycles. The molecule has 0 spiro atoms. The Hall–Kier alpha value is -1.31. The summed E-state index contributed by atoms with van der Waals surface area (Å²) in [5.41, 5.74) is 2.77. The molecule has 2 heterocycles. The maximum Gasteiger partial charge on any atom is 0.0649 e. The second-order valence-electron chi connectivity index (χ2n) is 4.36. The minimum absolute atomic E-state index is 0.244. The molecule has 2 aromatic rings. The summed E-state index contributed by atoms with van der Waals surface area (Å²) in [5.74, 6) is 0. The van der Waals surface area contributed by atoms with Gasteiger partial charge in [0.25, 0.3) is 0 Å². The van der Waals surface area contributed by atoms with E-state index >= 15 is 0 Å². The lowest BCUT2D eigenvalue weighted by Gasteiger charge is -2.20. The molecule has 2 rings (SSSR count). The van der Waals surface area contributed by atoms with Crippen LogP contribution in [0.2, 0.25) is 0 Å². The van der Waals surface area contributed by atoms with E-state index in [0.29, 0.717) is 0 Å². The normalized spacial score (nSPS) is 12.2. The van der Waals surface area contributed by atoms with Crippen LogP contribution in [0.15, 0.2) is 30.6 Å². The van der Waals surface area contributed by atoms with Crippen LogP contribution < -0.4 is 0 Å². The average Bonchev–Trinajstić information content (AvgIpc) is 2.61. The summed E-state index contributed by atoms with van der Waals surface area (Å²) in [5, 5.41) is 4.27. The second kappa shape index (κ2) is 3.12. The van der Waals surface area contributed by atoms with Crippen molar-refractivity contribution in [2.75, 3.05) is 0 Å². The van der Waals surface area contributed by atoms with E-state index in [9.17, 15) is 0 Å². The van der Waals surface area contributed by atoms with Gasteiger partial charge in [-0.25, -0.2) is 4.52 Å². The largest absolute Gasteiger partial charge is 0.241 e. The number of aromatic nitrogens is 2. The first-order valence-electron chi connectivity index (χ1n) is 5.07. The Morgan fingerprint density at radius 3 is 2.86 bits per heavy atom. The molecule has 0 saturated heterocycles. The molecule has 2 nitrogen and oxygen atoms in total. The van der Waals surface area contributed by atoms with E-state index in [0.717, 1.165) is 6.42 Å². The highest BCUT2D eigenvalue weighted by Crippen LogP contribution is 2.27. The van der Waals surface area contributed by atoms with Crippen molar-refractivity contribution in [2.24, 2.45) is 0 Å². The van der Waals surface area contributed by atoms with Crippen molar-refractivity contribution in [3.05, 3.63) is 36.2 Å². The maximum atomic E-state index is 4.27. The van der Waals surface area contributed by atoms with Crippen LogP contribution in [0.25, 0.3) is 5.52 Å². The van der Waals surface area contributed by atoms with E-state index in [1.165, 1.54) is 11.1 Å². The summed E-state index contributed by atoms with van der Waals surface area (Å²) in [6.07, 6.45) is 5.08. The Balaban J connectivity index is 2.55. The standard InChI is InChI=1S/C12H16N2/c1-4-12(2,3)10-8-11-6-5-7-13-14(11)9-10/h5-9H,4H2,1-3H3. The molecular formula is C12H16N2. The van der Waals surface area contributed by atoms with Crippen molar-refractivity contribution >= 4 is 5.52 Å². The zero-order chi connectivity index (χ0) is 10.2. The Bertz CT molecular complexity index is 407. The minimum Gasteiger partial charge on any atom is -0.241 e. The van der Waals surface area contributed by atoms with Gasteiger partial charge >= 0.3 is 0 Å². The van der Waals surface area contributed by atoms with Gasteiger partial charge in [0.2, 0.25) is 0 Å². The van der Waals surface area contributed by atoms with Gasteiger partial charge in [0.15, 0.2) is 0 Å². The molecule has 0 amide bonds. The molecule has 0 fully saturated rings. The molecule has 0 atom stereocenters. The first-order valence-corrected chi connectivity index (χ1v) is 5.07. The molecule has 0 bridgehead atoms. The topological polar surface area (TPSA) is 17.3 Å². The summed E-state index contributed by atoms with van der Waals surface area (Å²) in [6, 6.07) is 6.27. The van der Waals surface area contributed by atoms with Gasteiger partial charge < -0.3 is 0 Å². The number of hydrogen-bond donors (Lipinski definition) is 0. The maximum absolute atomic E-state index is 4.27. The molecule has 0 aliphatic carbocycles. The van der Waals surface area contributed by atoms with Crippen LogP contribution in [0.3, 0.4) is 0 Å². The number of nitrogens with zero attached hydrogens (tertiary/aromatic N) is 2. The lowest BCUT2D eigenvalue weighted by atomic mass is 9.84. The van der Waals surface area contributed by atoms with Crippen LogP contribution in [0, 0.1) is 0 Å². The van der Waals surface area contributed by atoms with Gasteiger partial charge in [-0.2, -0.15) is 5.10 Å². The van der Waals surface area contributed by atoms with Crippen molar-refractivity contribution < 1.29 is 0 Å². The number of fused-ring (bicyclic) bond motifs is 1. The molecular weight excluding hydrogens is 172 g/mol. The van der Waals surface area contributed by atoms with Crippen molar-refractivity contribution in [2.45, 2.75) is 32.6 Å². The molecule has 0 unspecified atom stereocenters. The summed E-state index contributed by atoms with van der Waals surface area (Å²) < 4.78 is 1.94. The third kappa shape index (κ3) is 1.41. The first-order chi connectivity index (χ1) is 6.63. The molecule has 0 N–H and O–H groups in total. The quantitative estimate of drug-likeness (QED) is 0.708. The molecule has 74 valence electrons. The third-order valence-electron chi connectivity index (χ3n) is 3.04. The van der Waals surface area contributed by atoms with Gasteiger partial charge in [-0.05, 0) is 35.6 Å². The number of rotatable bonds is 2. The molecule has 0 radical (unpaired) electrons. The van der Waals surface area contributed by atoms with E-state index in [1.807, 2.05) is 16.8 Å². The smallest absolute Gasteiger partial charge is 0.0649 e. The lowest BCUT2D eigenvalue weighted by Crippen LogP contribution is -2.14. The summed E-state index contributed by atoms with van der Waals surface area (Å²) in [4.78, 5) is 0. The van der Waals surface area contributed by atoms with E-state index in [-0.39, 0.29) is 5.41 Å². The third-order valence-corrected chi connectivity index (χ3v) is 3.04. The average molecular weight is 188 g/mol. The van der Waals surface area contributed by atoms with E-state index in [1.54, 1.807) is 0 Å². The van der Waals surface area contributed by atoms with Crippen LogP contribution in [-0.4, -0.2) is 9.61 Å². The molecule has 2 heteroatoms. The van der Waals surface area contributed by atoms with Crippen LogP contribution in [0.1, 0.15) is 32.8 Å². The summed E-state index contributed by atoms with van der Waals surface area (Å²) in [7, 11) is 0. The van der Waals surface area contributed by atoms with Crippen molar-refractivity contribution in [3.8, 4) is 0 Å². The highest BCUT2D eigenvalue weighted by molar-refractivity contribution is 5.50. The second-order valence-corrected chi connectivity index (χ2v) is 4.36. The highest BCUT2D eigenvalue weighted by atomic mass is 15.2. The number of hydrogen-bond acceptors (Lipinski definition) is 1. The van der Waals surface area contributed by atoms with E-state index < -0.39 is 0 Å². The molecule has 14 heavy (non-hydrogen) atoms. The van der Waals surface area contributed by atoms with Gasteiger partial charge in [0.1, 0.15) is 0 Å². The fourth-order valence-electron chi connectivity index (χ4n) is 1.52. The minimum atomic E-state index is 0.244. The summed E-state index contributed by atoms with van der Waals surface area (Å²) in [6.45, 7) is 6.75. The van der Waals surface area contributed by atoms with Gasteiger partial charge in [-0.15, -0.1) is 0 Å². The van der Waals surface area contributed by atoms with Crippen LogP contribution in [-0.2, 0) is 5.41 Å². The van der Waals surface area contributed by atoms with Crippen molar-refractivity contribution in [1.29, 1.82) is 0 Å². The SMILES string of the molecule is CCC(C)(C)c1cc2cccnn2c1. The van der Waals surface area contributed by atoms with Crippen LogP contribution >= 0.6 is 0 Å². The Morgan fingerprint density at radius 2 is 2.21 bits per heavy atom. The van der Waals surface area contributed by atoms with Crippen LogP contribution in [0.4, 0.5) is 0 Å². The fraction of sp³-hybridized carbons (Fsp3) is 0.417. The van der Waals surface area contributed by atoms with Gasteiger partial charge in [0.05, 0.1) is 5.52 Å². The monoisotopic (exact) mass is 188 g/mol. The molecule has 0 saturated carbocycles. The van der Waals surface area contributed by atoms with Crippen LogP contribution in [0.5, 0.6) is 0 Å². The van der Waals surface area contributed by atoms with Gasteiger partial charge in [0, 0.05) is 12.4 Å². The zero-order valence-electron chi connectivity index (χ0n) is 8.99. The Labute approximate surface area is 84.6 Å². The Kier molecular flexibility index (Phi) is 2.06. The van der Waals surface area contributed by atoms with Gasteiger partial charge in [-0.1, -0.05) is 20.8 Å². The molecule has 0 aromatic carbocycles. The first kappa shape index (κ1) is 9.25. The van der Waals surface area contributed by atoms with E-state index in [2.05, 4.69) is 44.2 Å². The lowest BCUT2D eigenvalue weighted by molar-refractivity contribution is 0.506. The van der Waals surface area contributed by atoms with Crippen molar-refractivity contribution in [3.63, 3.8) is 0 Å². The fourth-order valence-corrected chi connectivity index (χ4v) is 1.52. The van der Waals surface area contributed by atoms with Gasteiger partial charge in [-0.3, -0.25) is 0 Å². The predicted molar refractivity (Wildman–Crippen MR) is 58.5 cm³/mol.